The summed E-state index contributed by atoms with van der Waals surface area (Å²) in [6, 6.07) is 10.4. The fourth-order valence-electron chi connectivity index (χ4n) is 1.91. The molecule has 2 rings (SSSR count). The Labute approximate surface area is 122 Å². The van der Waals surface area contributed by atoms with Gasteiger partial charge < -0.3 is 13.9 Å². The zero-order chi connectivity index (χ0) is 15.2. The quantitative estimate of drug-likeness (QED) is 0.791. The molecule has 0 unspecified atom stereocenters. The van der Waals surface area contributed by atoms with Gasteiger partial charge in [-0.25, -0.2) is 9.59 Å². The van der Waals surface area contributed by atoms with E-state index in [2.05, 4.69) is 0 Å². The molecular weight excluding hydrogens is 272 g/mol. The second-order valence-electron chi connectivity index (χ2n) is 4.16. The lowest BCUT2D eigenvalue weighted by atomic mass is 10.1. The summed E-state index contributed by atoms with van der Waals surface area (Å²) in [5, 5.41) is 0. The van der Waals surface area contributed by atoms with Crippen LogP contribution < -0.4 is 10.4 Å². The predicted octanol–water partition coefficient (Wildman–Crippen LogP) is 2.88. The highest BCUT2D eigenvalue weighted by molar-refractivity contribution is 5.87. The van der Waals surface area contributed by atoms with E-state index in [9.17, 15) is 9.59 Å². The molecule has 1 aromatic heterocycles. The molecule has 2 aromatic rings. The van der Waals surface area contributed by atoms with E-state index in [1.807, 2.05) is 18.2 Å². The monoisotopic (exact) mass is 288 g/mol. The van der Waals surface area contributed by atoms with Crippen molar-refractivity contribution in [1.29, 1.82) is 0 Å². The smallest absolute Gasteiger partial charge is 0.374 e. The van der Waals surface area contributed by atoms with Gasteiger partial charge in [0.2, 0.25) is 5.76 Å². The number of hydrogen-bond acceptors (Lipinski definition) is 5. The third kappa shape index (κ3) is 3.31. The van der Waals surface area contributed by atoms with E-state index in [4.69, 9.17) is 13.9 Å². The Morgan fingerprint density at radius 1 is 1.14 bits per heavy atom. The number of esters is 1. The molecule has 0 aliphatic rings. The Kier molecular flexibility index (Phi) is 4.77. The van der Waals surface area contributed by atoms with Gasteiger partial charge in [0.25, 0.3) is 0 Å². The summed E-state index contributed by atoms with van der Waals surface area (Å²) < 4.78 is 15.4. The highest BCUT2D eigenvalue weighted by Crippen LogP contribution is 2.27. The summed E-state index contributed by atoms with van der Waals surface area (Å²) in [4.78, 5) is 23.9. The molecule has 0 fully saturated rings. The molecule has 0 aliphatic carbocycles. The minimum absolute atomic E-state index is 0.162. The normalized spacial score (nSPS) is 10.2. The second kappa shape index (κ2) is 6.74. The van der Waals surface area contributed by atoms with Crippen LogP contribution in [0.15, 0.2) is 45.6 Å². The van der Waals surface area contributed by atoms with Gasteiger partial charge in [-0.1, -0.05) is 30.3 Å². The van der Waals surface area contributed by atoms with E-state index in [1.54, 1.807) is 26.0 Å². The molecule has 0 atom stereocenters. The van der Waals surface area contributed by atoms with Crippen LogP contribution in [0.3, 0.4) is 0 Å². The molecule has 0 saturated carbocycles. The Morgan fingerprint density at radius 3 is 2.48 bits per heavy atom. The molecule has 5 nitrogen and oxygen atoms in total. The highest BCUT2D eigenvalue weighted by Gasteiger charge is 2.19. The van der Waals surface area contributed by atoms with Gasteiger partial charge in [0.15, 0.2) is 0 Å². The van der Waals surface area contributed by atoms with Gasteiger partial charge in [0, 0.05) is 6.07 Å². The molecule has 0 saturated heterocycles. The van der Waals surface area contributed by atoms with E-state index in [0.29, 0.717) is 23.5 Å². The summed E-state index contributed by atoms with van der Waals surface area (Å²) >= 11 is 0. The Balaban J connectivity index is 2.56. The number of ether oxygens (including phenoxy) is 2. The molecule has 5 heteroatoms. The zero-order valence-electron chi connectivity index (χ0n) is 11.9. The van der Waals surface area contributed by atoms with Gasteiger partial charge >= 0.3 is 11.6 Å². The maximum Gasteiger partial charge on any atom is 0.374 e. The molecule has 110 valence electrons. The lowest BCUT2D eigenvalue weighted by Gasteiger charge is -2.10. The maximum atomic E-state index is 12.2. The van der Waals surface area contributed by atoms with Crippen molar-refractivity contribution in [3.05, 3.63) is 52.6 Å². The van der Waals surface area contributed by atoms with Gasteiger partial charge in [-0.05, 0) is 19.4 Å². The van der Waals surface area contributed by atoms with Gasteiger partial charge in [-0.15, -0.1) is 0 Å². The first-order valence-electron chi connectivity index (χ1n) is 6.70. The molecule has 0 amide bonds. The number of rotatable bonds is 5. The SMILES string of the molecule is CCOC(=O)c1cc(OCC)c(-c2ccccc2)c(=O)o1. The van der Waals surface area contributed by atoms with E-state index >= 15 is 0 Å². The van der Waals surface area contributed by atoms with Gasteiger partial charge in [0.1, 0.15) is 11.3 Å². The average molecular weight is 288 g/mol. The van der Waals surface area contributed by atoms with E-state index in [1.165, 1.54) is 6.07 Å². The number of carbonyl (C=O) groups is 1. The van der Waals surface area contributed by atoms with Crippen molar-refractivity contribution in [3.63, 3.8) is 0 Å². The highest BCUT2D eigenvalue weighted by atomic mass is 16.5. The largest absolute Gasteiger partial charge is 0.493 e. The van der Waals surface area contributed by atoms with E-state index in [-0.39, 0.29) is 12.4 Å². The summed E-state index contributed by atoms with van der Waals surface area (Å²) in [5.74, 6) is -0.539. The summed E-state index contributed by atoms with van der Waals surface area (Å²) in [6.45, 7) is 4.05. The van der Waals surface area contributed by atoms with Crippen LogP contribution in [0.1, 0.15) is 24.4 Å². The third-order valence-corrected chi connectivity index (χ3v) is 2.75. The van der Waals surface area contributed by atoms with E-state index in [0.717, 1.165) is 0 Å². The van der Waals surface area contributed by atoms with Crippen LogP contribution in [0.2, 0.25) is 0 Å². The summed E-state index contributed by atoms with van der Waals surface area (Å²) in [7, 11) is 0. The van der Waals surface area contributed by atoms with Crippen molar-refractivity contribution < 1.29 is 18.7 Å². The Hall–Kier alpha value is -2.56. The van der Waals surface area contributed by atoms with Gasteiger partial charge in [0.05, 0.1) is 13.2 Å². The number of carbonyl (C=O) groups excluding carboxylic acids is 1. The fourth-order valence-corrected chi connectivity index (χ4v) is 1.91. The second-order valence-corrected chi connectivity index (χ2v) is 4.16. The van der Waals surface area contributed by atoms with Crippen molar-refractivity contribution in [2.24, 2.45) is 0 Å². The van der Waals surface area contributed by atoms with Crippen molar-refractivity contribution >= 4 is 5.97 Å². The first-order chi connectivity index (χ1) is 10.2. The maximum absolute atomic E-state index is 12.2. The first kappa shape index (κ1) is 14.8. The standard InChI is InChI=1S/C16H16O5/c1-3-19-12-10-13(15(17)20-4-2)21-16(18)14(12)11-8-6-5-7-9-11/h5-10H,3-4H2,1-2H3. The summed E-state index contributed by atoms with van der Waals surface area (Å²) in [5.41, 5.74) is 0.339. The molecule has 0 spiro atoms. The molecule has 1 aromatic carbocycles. The molecule has 1 heterocycles. The number of hydrogen-bond donors (Lipinski definition) is 0. The molecular formula is C16H16O5. The van der Waals surface area contributed by atoms with Crippen molar-refractivity contribution in [2.45, 2.75) is 13.8 Å². The van der Waals surface area contributed by atoms with Crippen LogP contribution in [0.4, 0.5) is 0 Å². The van der Waals surface area contributed by atoms with Crippen molar-refractivity contribution in [3.8, 4) is 16.9 Å². The fraction of sp³-hybridized carbons (Fsp3) is 0.250. The van der Waals surface area contributed by atoms with Crippen LogP contribution in [-0.2, 0) is 4.74 Å². The molecule has 21 heavy (non-hydrogen) atoms. The van der Waals surface area contributed by atoms with Crippen LogP contribution in [0, 0.1) is 0 Å². The Morgan fingerprint density at radius 2 is 1.86 bits per heavy atom. The average Bonchev–Trinajstić information content (AvgIpc) is 2.48. The van der Waals surface area contributed by atoms with Crippen LogP contribution in [0.25, 0.3) is 11.1 Å². The minimum atomic E-state index is -0.685. The molecule has 0 N–H and O–H groups in total. The van der Waals surface area contributed by atoms with E-state index < -0.39 is 11.6 Å². The molecule has 0 aliphatic heterocycles. The van der Waals surface area contributed by atoms with Crippen molar-refractivity contribution in [2.75, 3.05) is 13.2 Å². The van der Waals surface area contributed by atoms with Crippen molar-refractivity contribution in [1.82, 2.24) is 0 Å². The minimum Gasteiger partial charge on any atom is -0.493 e. The third-order valence-electron chi connectivity index (χ3n) is 2.75. The lowest BCUT2D eigenvalue weighted by Crippen LogP contribution is -2.13. The van der Waals surface area contributed by atoms with Crippen LogP contribution >= 0.6 is 0 Å². The predicted molar refractivity (Wildman–Crippen MR) is 77.5 cm³/mol. The summed E-state index contributed by atoms with van der Waals surface area (Å²) in [6.07, 6.45) is 0. The molecule has 0 radical (unpaired) electrons. The van der Waals surface area contributed by atoms with Crippen LogP contribution in [0.5, 0.6) is 5.75 Å². The Bertz CT molecular complexity index is 673. The van der Waals surface area contributed by atoms with Gasteiger partial charge in [-0.2, -0.15) is 0 Å². The number of benzene rings is 1. The van der Waals surface area contributed by atoms with Gasteiger partial charge in [-0.3, -0.25) is 0 Å². The lowest BCUT2D eigenvalue weighted by molar-refractivity contribution is 0.0483. The first-order valence-corrected chi connectivity index (χ1v) is 6.70. The zero-order valence-corrected chi connectivity index (χ0v) is 11.9. The van der Waals surface area contributed by atoms with Crippen LogP contribution in [-0.4, -0.2) is 19.2 Å². The topological polar surface area (TPSA) is 65.7 Å². The molecule has 0 bridgehead atoms.